The van der Waals surface area contributed by atoms with Gasteiger partial charge in [-0.25, -0.2) is 4.79 Å². The van der Waals surface area contributed by atoms with Gasteiger partial charge in [0.25, 0.3) is 5.91 Å². The summed E-state index contributed by atoms with van der Waals surface area (Å²) in [6.07, 6.45) is 13.2. The Labute approximate surface area is 304 Å². The molecule has 0 spiro atoms. The summed E-state index contributed by atoms with van der Waals surface area (Å²) in [5.41, 5.74) is 0.163. The fourth-order valence-electron chi connectivity index (χ4n) is 7.78. The Balaban J connectivity index is 1.49. The minimum Gasteiger partial charge on any atom is -0.444 e. The van der Waals surface area contributed by atoms with Crippen LogP contribution in [0.15, 0.2) is 23.8 Å². The third-order valence-corrected chi connectivity index (χ3v) is 11.0. The molecule has 3 N–H and O–H groups in total. The fourth-order valence-corrected chi connectivity index (χ4v) is 7.78. The number of aliphatic hydroxyl groups is 1. The minimum atomic E-state index is -1.25. The van der Waals surface area contributed by atoms with E-state index in [1.165, 1.54) is 4.90 Å². The van der Waals surface area contributed by atoms with Gasteiger partial charge in [-0.2, -0.15) is 0 Å². The van der Waals surface area contributed by atoms with E-state index in [0.29, 0.717) is 38.8 Å². The Bertz CT molecular complexity index is 1300. The molecule has 4 rings (SSSR count). The first-order valence-electron chi connectivity index (χ1n) is 19.3. The second kappa shape index (κ2) is 18.5. The maximum atomic E-state index is 14.4. The number of carbonyl (C=O) groups is 5. The van der Waals surface area contributed by atoms with Gasteiger partial charge in [0, 0.05) is 13.1 Å². The van der Waals surface area contributed by atoms with Gasteiger partial charge >= 0.3 is 6.09 Å². The summed E-state index contributed by atoms with van der Waals surface area (Å²) in [6.45, 7) is 11.9. The van der Waals surface area contributed by atoms with E-state index in [-0.39, 0.29) is 30.3 Å². The number of carbonyl (C=O) groups excluding carboxylic acids is 5. The topological polar surface area (TPSA) is 155 Å². The lowest BCUT2D eigenvalue weighted by molar-refractivity contribution is -0.179. The zero-order valence-corrected chi connectivity index (χ0v) is 31.7. The molecule has 0 aromatic rings. The van der Waals surface area contributed by atoms with Crippen LogP contribution in [0.1, 0.15) is 119 Å². The van der Waals surface area contributed by atoms with Crippen LogP contribution in [0.25, 0.3) is 0 Å². The van der Waals surface area contributed by atoms with Crippen molar-refractivity contribution in [3.05, 3.63) is 23.8 Å². The molecular weight excluding hydrogens is 652 g/mol. The lowest BCUT2D eigenvalue weighted by atomic mass is 9.79. The Kier molecular flexibility index (Phi) is 14.7. The van der Waals surface area contributed by atoms with Crippen LogP contribution in [0.5, 0.6) is 0 Å². The van der Waals surface area contributed by atoms with Crippen molar-refractivity contribution in [2.45, 2.75) is 155 Å². The standard InChI is InChI=1S/C39H62N4O8/c1-7-9-14-25(3)24-50-37(48)30-20-22-42(30)36(47)33(44)29(23-26-15-13-16-26)40-34(45)32-27(8-2)19-21-43(32)35(46)31(28-17-11-10-12-18-28)41-38(49)51-39(4,5)6/h7,9,14,26-32,37,48H,8,10-13,15-24H2,1-6H3,(H,40,45)(H,41,49)/b9-7-,25-14+/t27?,29?,30?,31-,32?,37?/m0/s1. The number of hydrogen-bond acceptors (Lipinski definition) is 8. The van der Waals surface area contributed by atoms with Gasteiger partial charge < -0.3 is 35.0 Å². The van der Waals surface area contributed by atoms with Gasteiger partial charge in [0.1, 0.15) is 17.7 Å². The van der Waals surface area contributed by atoms with Crippen LogP contribution in [-0.2, 0) is 28.7 Å². The zero-order valence-electron chi connectivity index (χ0n) is 31.7. The third-order valence-electron chi connectivity index (χ3n) is 11.0. The third kappa shape index (κ3) is 10.9. The quantitative estimate of drug-likeness (QED) is 0.124. The zero-order chi connectivity index (χ0) is 37.3. The molecule has 4 aliphatic rings. The molecule has 2 heterocycles. The molecular formula is C39H62N4O8. The van der Waals surface area contributed by atoms with Gasteiger partial charge in [-0.1, -0.05) is 70.1 Å². The molecule has 0 aromatic heterocycles. The summed E-state index contributed by atoms with van der Waals surface area (Å²) in [7, 11) is 0. The van der Waals surface area contributed by atoms with Crippen LogP contribution in [0.4, 0.5) is 4.79 Å². The van der Waals surface area contributed by atoms with E-state index in [2.05, 4.69) is 10.6 Å². The minimum absolute atomic E-state index is 0.0781. The second-order valence-corrected chi connectivity index (χ2v) is 16.0. The SMILES string of the molecule is C/C=C\C=C(/C)COC(O)C1CCN1C(=O)C(=O)C(CC1CCC1)NC(=O)C1C(CC)CCN1C(=O)[C@@H](NC(=O)OC(C)(C)C)C1CCCCC1. The van der Waals surface area contributed by atoms with E-state index in [4.69, 9.17) is 9.47 Å². The van der Waals surface area contributed by atoms with Crippen molar-refractivity contribution in [1.29, 1.82) is 0 Å². The molecule has 6 atom stereocenters. The number of Topliss-reactive ketones (excluding diaryl/α,β-unsaturated/α-hetero) is 1. The maximum absolute atomic E-state index is 14.4. The average Bonchev–Trinajstić information content (AvgIpc) is 3.49. The van der Waals surface area contributed by atoms with Crippen molar-refractivity contribution in [2.75, 3.05) is 19.7 Å². The molecule has 0 radical (unpaired) electrons. The smallest absolute Gasteiger partial charge is 0.408 e. The number of aliphatic hydroxyl groups excluding tert-OH is 1. The molecule has 4 fully saturated rings. The first-order valence-corrected chi connectivity index (χ1v) is 19.3. The lowest BCUT2D eigenvalue weighted by Gasteiger charge is -2.43. The van der Waals surface area contributed by atoms with E-state index in [1.54, 1.807) is 25.7 Å². The van der Waals surface area contributed by atoms with Crippen LogP contribution in [0, 0.1) is 17.8 Å². The van der Waals surface area contributed by atoms with Crippen LogP contribution in [0.3, 0.4) is 0 Å². The highest BCUT2D eigenvalue weighted by atomic mass is 16.6. The fraction of sp³-hybridized carbons (Fsp3) is 0.769. The molecule has 0 bridgehead atoms. The molecule has 12 heteroatoms. The summed E-state index contributed by atoms with van der Waals surface area (Å²) in [5, 5.41) is 16.5. The van der Waals surface area contributed by atoms with E-state index in [9.17, 15) is 29.1 Å². The molecule has 5 unspecified atom stereocenters. The largest absolute Gasteiger partial charge is 0.444 e. The van der Waals surface area contributed by atoms with Crippen LogP contribution < -0.4 is 10.6 Å². The van der Waals surface area contributed by atoms with E-state index >= 15 is 0 Å². The number of rotatable bonds is 15. The van der Waals surface area contributed by atoms with Crippen molar-refractivity contribution in [3.63, 3.8) is 0 Å². The molecule has 51 heavy (non-hydrogen) atoms. The van der Waals surface area contributed by atoms with E-state index in [0.717, 1.165) is 56.9 Å². The predicted molar refractivity (Wildman–Crippen MR) is 193 cm³/mol. The summed E-state index contributed by atoms with van der Waals surface area (Å²) in [6, 6.07) is -3.38. The van der Waals surface area contributed by atoms with Crippen molar-refractivity contribution in [1.82, 2.24) is 20.4 Å². The lowest BCUT2D eigenvalue weighted by Crippen LogP contribution is -2.62. The number of hydrogen-bond donors (Lipinski definition) is 3. The van der Waals surface area contributed by atoms with Crippen LogP contribution in [0.2, 0.25) is 0 Å². The first kappa shape index (κ1) is 40.5. The maximum Gasteiger partial charge on any atom is 0.408 e. The summed E-state index contributed by atoms with van der Waals surface area (Å²) < 4.78 is 11.2. The molecule has 2 saturated carbocycles. The van der Waals surface area contributed by atoms with Crippen LogP contribution in [-0.4, -0.2) is 100 Å². The first-order chi connectivity index (χ1) is 24.2. The number of allylic oxidation sites excluding steroid dienone is 3. The molecule has 2 saturated heterocycles. The van der Waals surface area contributed by atoms with Crippen molar-refractivity contribution in [3.8, 4) is 0 Å². The summed E-state index contributed by atoms with van der Waals surface area (Å²) in [4.78, 5) is 72.0. The molecule has 2 aliphatic heterocycles. The summed E-state index contributed by atoms with van der Waals surface area (Å²) >= 11 is 0. The van der Waals surface area contributed by atoms with Gasteiger partial charge in [0.15, 0.2) is 6.29 Å². The normalized spacial score (nSPS) is 25.1. The number of alkyl carbamates (subject to hydrolysis) is 1. The number of nitrogens with zero attached hydrogens (tertiary/aromatic N) is 2. The van der Waals surface area contributed by atoms with Gasteiger partial charge in [-0.3, -0.25) is 19.2 Å². The number of amides is 4. The van der Waals surface area contributed by atoms with Gasteiger partial charge in [0.2, 0.25) is 17.6 Å². The molecule has 286 valence electrons. The van der Waals surface area contributed by atoms with Gasteiger partial charge in [0.05, 0.1) is 18.7 Å². The number of ketones is 1. The molecule has 12 nitrogen and oxygen atoms in total. The van der Waals surface area contributed by atoms with Gasteiger partial charge in [-0.15, -0.1) is 0 Å². The predicted octanol–water partition coefficient (Wildman–Crippen LogP) is 4.79. The van der Waals surface area contributed by atoms with E-state index in [1.807, 2.05) is 39.0 Å². The highest BCUT2D eigenvalue weighted by Gasteiger charge is 2.47. The number of likely N-dealkylation sites (tertiary alicyclic amines) is 2. The van der Waals surface area contributed by atoms with Crippen molar-refractivity contribution < 1.29 is 38.6 Å². The molecule has 0 aromatic carbocycles. The Morgan fingerprint density at radius 2 is 1.61 bits per heavy atom. The Morgan fingerprint density at radius 1 is 0.922 bits per heavy atom. The second-order valence-electron chi connectivity index (χ2n) is 16.0. The molecule has 4 amide bonds. The number of nitrogens with one attached hydrogen (secondary N) is 2. The van der Waals surface area contributed by atoms with Gasteiger partial charge in [-0.05, 0) is 90.0 Å². The monoisotopic (exact) mass is 714 g/mol. The van der Waals surface area contributed by atoms with Crippen molar-refractivity contribution >= 4 is 29.6 Å². The van der Waals surface area contributed by atoms with Crippen molar-refractivity contribution in [2.24, 2.45) is 17.8 Å². The summed E-state index contributed by atoms with van der Waals surface area (Å²) in [5.74, 6) is -2.24. The Hall–Kier alpha value is -3.25. The Morgan fingerprint density at radius 3 is 2.18 bits per heavy atom. The average molecular weight is 715 g/mol. The number of ether oxygens (including phenoxy) is 2. The van der Waals surface area contributed by atoms with E-state index < -0.39 is 59.7 Å². The van der Waals surface area contributed by atoms with Crippen LogP contribution >= 0.6 is 0 Å². The highest BCUT2D eigenvalue weighted by Crippen LogP contribution is 2.34. The molecule has 2 aliphatic carbocycles. The highest BCUT2D eigenvalue weighted by molar-refractivity contribution is 6.38.